The van der Waals surface area contributed by atoms with Gasteiger partial charge in [0.25, 0.3) is 5.91 Å². The summed E-state index contributed by atoms with van der Waals surface area (Å²) in [4.78, 5) is 37.8. The number of amides is 3. The molecule has 32 heavy (non-hydrogen) atoms. The van der Waals surface area contributed by atoms with Crippen LogP contribution in [-0.4, -0.2) is 59.1 Å². The van der Waals surface area contributed by atoms with Crippen molar-refractivity contribution in [2.45, 2.75) is 51.5 Å². The highest BCUT2D eigenvalue weighted by atomic mass is 16.5. The Hall–Kier alpha value is -2.91. The molecule has 2 heterocycles. The van der Waals surface area contributed by atoms with Crippen molar-refractivity contribution in [2.75, 3.05) is 19.6 Å². The highest BCUT2D eigenvalue weighted by Crippen LogP contribution is 2.21. The van der Waals surface area contributed by atoms with E-state index in [9.17, 15) is 19.6 Å². The molecule has 3 amide bonds. The summed E-state index contributed by atoms with van der Waals surface area (Å²) < 4.78 is 5.68. The van der Waals surface area contributed by atoms with E-state index in [1.54, 1.807) is 11.0 Å². The lowest BCUT2D eigenvalue weighted by molar-refractivity contribution is -0.154. The van der Waals surface area contributed by atoms with Crippen molar-refractivity contribution in [1.82, 2.24) is 20.8 Å². The van der Waals surface area contributed by atoms with Crippen molar-refractivity contribution in [2.24, 2.45) is 5.92 Å². The molecule has 0 radical (unpaired) electrons. The summed E-state index contributed by atoms with van der Waals surface area (Å²) in [6.07, 6.45) is 5.14. The highest BCUT2D eigenvalue weighted by Gasteiger charge is 2.27. The largest absolute Gasteiger partial charge is 0.451 e. The second-order valence-electron chi connectivity index (χ2n) is 8.27. The van der Waals surface area contributed by atoms with Gasteiger partial charge in [0, 0.05) is 24.5 Å². The zero-order valence-electron chi connectivity index (χ0n) is 18.5. The summed E-state index contributed by atoms with van der Waals surface area (Å²) >= 11 is 0. The Kier molecular flexibility index (Phi) is 8.64. The van der Waals surface area contributed by atoms with Crippen LogP contribution >= 0.6 is 0 Å². The van der Waals surface area contributed by atoms with E-state index in [1.807, 2.05) is 24.3 Å². The molecule has 9 heteroatoms. The quantitative estimate of drug-likeness (QED) is 0.212. The van der Waals surface area contributed by atoms with E-state index in [0.29, 0.717) is 55.2 Å². The van der Waals surface area contributed by atoms with Gasteiger partial charge in [-0.05, 0) is 31.4 Å². The number of para-hydroxylation sites is 1. The molecule has 0 saturated carbocycles. The van der Waals surface area contributed by atoms with Crippen molar-refractivity contribution in [3.8, 4) is 0 Å². The van der Waals surface area contributed by atoms with E-state index in [1.165, 1.54) is 0 Å². The molecular formula is C23H32N4O5. The minimum Gasteiger partial charge on any atom is -0.451 e. The molecule has 0 aliphatic carbocycles. The number of unbranched alkanes of at least 4 members (excludes halogenated alkanes) is 2. The molecule has 1 aliphatic heterocycles. The number of hydroxylamine groups is 2. The van der Waals surface area contributed by atoms with Gasteiger partial charge >= 0.3 is 0 Å². The maximum Gasteiger partial charge on any atom is 0.289 e. The normalized spacial score (nSPS) is 15.5. The summed E-state index contributed by atoms with van der Waals surface area (Å²) in [5.74, 6) is -0.525. The molecule has 3 N–H and O–H groups in total. The van der Waals surface area contributed by atoms with Gasteiger partial charge in [0.2, 0.25) is 12.3 Å². The SMILES string of the molecule is CCCCC[C@@H](CN(O)C=O)C(=O)NNC1CCN(C(=O)c2cc3ccccc3o2)CC1. The topological polar surface area (TPSA) is 115 Å². The Morgan fingerprint density at radius 1 is 1.28 bits per heavy atom. The number of furan rings is 1. The van der Waals surface area contributed by atoms with Crippen molar-refractivity contribution in [3.63, 3.8) is 0 Å². The summed E-state index contributed by atoms with van der Waals surface area (Å²) in [5, 5.41) is 10.9. The van der Waals surface area contributed by atoms with Crippen LogP contribution in [0.3, 0.4) is 0 Å². The van der Waals surface area contributed by atoms with Gasteiger partial charge in [-0.1, -0.05) is 44.4 Å². The minimum absolute atomic E-state index is 0.0336. The van der Waals surface area contributed by atoms with Gasteiger partial charge in [-0.2, -0.15) is 0 Å². The van der Waals surface area contributed by atoms with Crippen LogP contribution in [0.4, 0.5) is 0 Å². The second kappa shape index (κ2) is 11.6. The Morgan fingerprint density at radius 3 is 2.72 bits per heavy atom. The first-order valence-electron chi connectivity index (χ1n) is 11.3. The predicted octanol–water partition coefficient (Wildman–Crippen LogP) is 2.70. The second-order valence-corrected chi connectivity index (χ2v) is 8.27. The number of fused-ring (bicyclic) bond motifs is 1. The molecule has 1 aromatic heterocycles. The molecule has 3 rings (SSSR count). The third-order valence-corrected chi connectivity index (χ3v) is 5.87. The number of piperidine rings is 1. The summed E-state index contributed by atoms with van der Waals surface area (Å²) in [7, 11) is 0. The van der Waals surface area contributed by atoms with E-state index in [0.717, 1.165) is 24.6 Å². The molecule has 9 nitrogen and oxygen atoms in total. The Bertz CT molecular complexity index is 874. The number of carbonyl (C=O) groups is 3. The molecule has 1 saturated heterocycles. The van der Waals surface area contributed by atoms with E-state index in [-0.39, 0.29) is 24.4 Å². The number of carbonyl (C=O) groups excluding carboxylic acids is 3. The predicted molar refractivity (Wildman–Crippen MR) is 119 cm³/mol. The number of likely N-dealkylation sites (tertiary alicyclic amines) is 1. The maximum atomic E-state index is 12.8. The van der Waals surface area contributed by atoms with Gasteiger partial charge in [-0.3, -0.25) is 25.0 Å². The molecule has 1 aliphatic rings. The minimum atomic E-state index is -0.487. The molecule has 1 fully saturated rings. The Labute approximate surface area is 187 Å². The monoisotopic (exact) mass is 444 g/mol. The zero-order valence-corrected chi connectivity index (χ0v) is 18.5. The van der Waals surface area contributed by atoms with Gasteiger partial charge in [0.15, 0.2) is 5.76 Å². The molecule has 174 valence electrons. The van der Waals surface area contributed by atoms with Gasteiger partial charge in [0.05, 0.1) is 12.5 Å². The summed E-state index contributed by atoms with van der Waals surface area (Å²) in [6, 6.07) is 9.33. The van der Waals surface area contributed by atoms with Gasteiger partial charge < -0.3 is 9.32 Å². The zero-order chi connectivity index (χ0) is 22.9. The summed E-state index contributed by atoms with van der Waals surface area (Å²) in [6.45, 7) is 3.15. The average molecular weight is 445 g/mol. The van der Waals surface area contributed by atoms with E-state index < -0.39 is 5.92 Å². The van der Waals surface area contributed by atoms with Crippen LogP contribution in [0.25, 0.3) is 11.0 Å². The number of benzene rings is 1. The maximum absolute atomic E-state index is 12.8. The highest BCUT2D eigenvalue weighted by molar-refractivity contribution is 5.96. The van der Waals surface area contributed by atoms with Gasteiger partial charge in [0.1, 0.15) is 5.58 Å². The number of nitrogens with zero attached hydrogens (tertiary/aromatic N) is 2. The van der Waals surface area contributed by atoms with Crippen LogP contribution in [0.2, 0.25) is 0 Å². The van der Waals surface area contributed by atoms with Crippen LogP contribution in [0.15, 0.2) is 34.7 Å². The standard InChI is InChI=1S/C23H32N4O5/c1-2-3-4-8-18(15-27(31)16-28)22(29)25-24-19-10-12-26(13-11-19)23(30)21-14-17-7-5-6-9-20(17)32-21/h5-7,9,14,16,18-19,24,31H,2-4,8,10-13,15H2,1H3,(H,25,29)/t18-/m0/s1. The van der Waals surface area contributed by atoms with Crippen molar-refractivity contribution in [1.29, 1.82) is 0 Å². The summed E-state index contributed by atoms with van der Waals surface area (Å²) in [5.41, 5.74) is 6.49. The smallest absolute Gasteiger partial charge is 0.289 e. The molecule has 1 atom stereocenters. The molecule has 0 bridgehead atoms. The van der Waals surface area contributed by atoms with E-state index in [4.69, 9.17) is 4.42 Å². The fraction of sp³-hybridized carbons (Fsp3) is 0.522. The van der Waals surface area contributed by atoms with E-state index >= 15 is 0 Å². The molecule has 2 aromatic rings. The van der Waals surface area contributed by atoms with Crippen molar-refractivity contribution < 1.29 is 24.0 Å². The lowest BCUT2D eigenvalue weighted by Crippen LogP contribution is -2.52. The first-order chi connectivity index (χ1) is 15.5. The van der Waals surface area contributed by atoms with Crippen molar-refractivity contribution in [3.05, 3.63) is 36.1 Å². The molecular weight excluding hydrogens is 412 g/mol. The lowest BCUT2D eigenvalue weighted by Gasteiger charge is -2.32. The number of nitrogens with one attached hydrogen (secondary N) is 2. The molecule has 1 aromatic carbocycles. The van der Waals surface area contributed by atoms with E-state index in [2.05, 4.69) is 17.8 Å². The Morgan fingerprint density at radius 2 is 2.03 bits per heavy atom. The third kappa shape index (κ3) is 6.30. The number of rotatable bonds is 11. The van der Waals surface area contributed by atoms with Crippen LogP contribution in [0.1, 0.15) is 56.0 Å². The fourth-order valence-electron chi connectivity index (χ4n) is 3.96. The fourth-order valence-corrected chi connectivity index (χ4v) is 3.96. The van der Waals surface area contributed by atoms with Crippen molar-refractivity contribution >= 4 is 29.2 Å². The third-order valence-electron chi connectivity index (χ3n) is 5.87. The Balaban J connectivity index is 1.46. The molecule has 0 unspecified atom stereocenters. The first-order valence-corrected chi connectivity index (χ1v) is 11.3. The first kappa shape index (κ1) is 23.7. The van der Waals surface area contributed by atoms with Crippen LogP contribution < -0.4 is 10.9 Å². The number of hydrazine groups is 1. The average Bonchev–Trinajstić information content (AvgIpc) is 3.26. The van der Waals surface area contributed by atoms with Crippen LogP contribution in [-0.2, 0) is 9.59 Å². The molecule has 0 spiro atoms. The van der Waals surface area contributed by atoms with Gasteiger partial charge in [-0.25, -0.2) is 10.5 Å². The lowest BCUT2D eigenvalue weighted by atomic mass is 10.0. The van der Waals surface area contributed by atoms with Crippen LogP contribution in [0, 0.1) is 5.92 Å². The number of hydrogen-bond donors (Lipinski definition) is 3. The van der Waals surface area contributed by atoms with Gasteiger partial charge in [-0.15, -0.1) is 0 Å². The van der Waals surface area contributed by atoms with Crippen LogP contribution in [0.5, 0.6) is 0 Å². The number of hydrogen-bond acceptors (Lipinski definition) is 6.